The molecule has 0 atom stereocenters. The highest BCUT2D eigenvalue weighted by Gasteiger charge is 2.09. The number of nitrogen functional groups attached to an aromatic ring is 1. The highest BCUT2D eigenvalue weighted by atomic mass is 35.5. The Balaban J connectivity index is 3.52. The maximum atomic E-state index is 8.63. The molecule has 0 aliphatic rings. The molecule has 1 aromatic rings. The molecule has 2 N–H and O–H groups in total. The van der Waals surface area contributed by atoms with E-state index in [4.69, 9.17) is 34.2 Å². The first kappa shape index (κ1) is 9.18. The topological polar surface area (TPSA) is 49.8 Å². The number of nitrogens with zero attached hydrogens (tertiary/aromatic N) is 1. The second-order valence-electron chi connectivity index (χ2n) is 2.39. The maximum Gasteiger partial charge on any atom is 0.101 e. The van der Waals surface area contributed by atoms with Crippen LogP contribution in [0.15, 0.2) is 6.07 Å². The lowest BCUT2D eigenvalue weighted by molar-refractivity contribution is 1.42. The van der Waals surface area contributed by atoms with Crippen LogP contribution >= 0.6 is 23.2 Å². The molecule has 0 radical (unpaired) electrons. The number of anilines is 1. The molecule has 1 rings (SSSR count). The minimum Gasteiger partial charge on any atom is -0.396 e. The molecule has 0 saturated carbocycles. The molecule has 0 amide bonds. The SMILES string of the molecule is Cc1cc(C#N)c(N)c(Cl)c1Cl. The number of hydrogen-bond acceptors (Lipinski definition) is 2. The maximum absolute atomic E-state index is 8.63. The largest absolute Gasteiger partial charge is 0.396 e. The molecule has 4 heteroatoms. The van der Waals surface area contributed by atoms with Gasteiger partial charge in [-0.3, -0.25) is 0 Å². The van der Waals surface area contributed by atoms with Gasteiger partial charge in [0.1, 0.15) is 6.07 Å². The fourth-order valence-electron chi connectivity index (χ4n) is 0.860. The highest BCUT2D eigenvalue weighted by Crippen LogP contribution is 2.33. The van der Waals surface area contributed by atoms with Gasteiger partial charge in [0.05, 0.1) is 21.3 Å². The van der Waals surface area contributed by atoms with Crippen LogP contribution in [0, 0.1) is 18.3 Å². The standard InChI is InChI=1S/C8H6Cl2N2/c1-4-2-5(3-11)8(12)7(10)6(4)9/h2H,12H2,1H3. The molecule has 0 aliphatic carbocycles. The van der Waals surface area contributed by atoms with Gasteiger partial charge in [0, 0.05) is 0 Å². The monoisotopic (exact) mass is 200 g/mol. The smallest absolute Gasteiger partial charge is 0.101 e. The van der Waals surface area contributed by atoms with Gasteiger partial charge in [-0.2, -0.15) is 5.26 Å². The Morgan fingerprint density at radius 1 is 1.42 bits per heavy atom. The first-order chi connectivity index (χ1) is 5.57. The number of aryl methyl sites for hydroxylation is 1. The molecule has 0 heterocycles. The van der Waals surface area contributed by atoms with Gasteiger partial charge in [-0.15, -0.1) is 0 Å². The normalized spacial score (nSPS) is 9.50. The predicted octanol–water partition coefficient (Wildman–Crippen LogP) is 2.76. The van der Waals surface area contributed by atoms with Crippen molar-refractivity contribution in [2.45, 2.75) is 6.92 Å². The van der Waals surface area contributed by atoms with Gasteiger partial charge in [0.25, 0.3) is 0 Å². The van der Waals surface area contributed by atoms with Crippen molar-refractivity contribution < 1.29 is 0 Å². The zero-order valence-corrected chi connectivity index (χ0v) is 7.87. The Kier molecular flexibility index (Phi) is 2.46. The van der Waals surface area contributed by atoms with Gasteiger partial charge in [0.2, 0.25) is 0 Å². The first-order valence-corrected chi connectivity index (χ1v) is 3.97. The van der Waals surface area contributed by atoms with Gasteiger partial charge in [-0.1, -0.05) is 23.2 Å². The summed E-state index contributed by atoms with van der Waals surface area (Å²) in [5.74, 6) is 0. The summed E-state index contributed by atoms with van der Waals surface area (Å²) in [5.41, 5.74) is 6.89. The molecule has 12 heavy (non-hydrogen) atoms. The quantitative estimate of drug-likeness (QED) is 0.656. The van der Waals surface area contributed by atoms with Crippen molar-refractivity contribution >= 4 is 28.9 Å². The van der Waals surface area contributed by atoms with Crippen molar-refractivity contribution in [3.05, 3.63) is 27.2 Å². The number of hydrogen-bond donors (Lipinski definition) is 1. The molecule has 0 spiro atoms. The van der Waals surface area contributed by atoms with Crippen molar-refractivity contribution in [1.29, 1.82) is 5.26 Å². The van der Waals surface area contributed by atoms with Crippen LogP contribution in [0.2, 0.25) is 10.0 Å². The van der Waals surface area contributed by atoms with Crippen LogP contribution in [-0.4, -0.2) is 0 Å². The molecule has 1 aromatic carbocycles. The summed E-state index contributed by atoms with van der Waals surface area (Å²) in [4.78, 5) is 0. The molecular weight excluding hydrogens is 195 g/mol. The Bertz CT molecular complexity index is 366. The summed E-state index contributed by atoms with van der Waals surface area (Å²) in [6.45, 7) is 1.77. The third-order valence-electron chi connectivity index (χ3n) is 1.55. The van der Waals surface area contributed by atoms with Crippen molar-refractivity contribution in [3.63, 3.8) is 0 Å². The van der Waals surface area contributed by atoms with E-state index in [1.807, 2.05) is 6.07 Å². The lowest BCUT2D eigenvalue weighted by atomic mass is 10.1. The molecule has 0 fully saturated rings. The lowest BCUT2D eigenvalue weighted by Gasteiger charge is -2.05. The minimum atomic E-state index is 0.245. The third kappa shape index (κ3) is 1.34. The van der Waals surface area contributed by atoms with Crippen molar-refractivity contribution in [2.75, 3.05) is 5.73 Å². The van der Waals surface area contributed by atoms with E-state index in [9.17, 15) is 0 Å². The molecule has 0 aromatic heterocycles. The molecular formula is C8H6Cl2N2. The summed E-state index contributed by atoms with van der Waals surface area (Å²) in [7, 11) is 0. The van der Waals surface area contributed by atoms with Crippen LogP contribution < -0.4 is 5.73 Å². The van der Waals surface area contributed by atoms with E-state index in [0.717, 1.165) is 5.56 Å². The van der Waals surface area contributed by atoms with Crippen LogP contribution in [0.5, 0.6) is 0 Å². The molecule has 0 unspecified atom stereocenters. The zero-order chi connectivity index (χ0) is 9.30. The summed E-state index contributed by atoms with van der Waals surface area (Å²) >= 11 is 11.5. The Labute approximate surface area is 80.5 Å². The fraction of sp³-hybridized carbons (Fsp3) is 0.125. The van der Waals surface area contributed by atoms with Gasteiger partial charge in [-0.25, -0.2) is 0 Å². The van der Waals surface area contributed by atoms with Crippen molar-refractivity contribution in [2.24, 2.45) is 0 Å². The predicted molar refractivity (Wildman–Crippen MR) is 50.3 cm³/mol. The van der Waals surface area contributed by atoms with E-state index < -0.39 is 0 Å². The van der Waals surface area contributed by atoms with E-state index in [-0.39, 0.29) is 10.7 Å². The Morgan fingerprint density at radius 3 is 2.50 bits per heavy atom. The number of benzene rings is 1. The van der Waals surface area contributed by atoms with Gasteiger partial charge >= 0.3 is 0 Å². The third-order valence-corrected chi connectivity index (χ3v) is 2.52. The van der Waals surface area contributed by atoms with Gasteiger partial charge in [-0.05, 0) is 18.6 Å². The van der Waals surface area contributed by atoms with Crippen LogP contribution in [-0.2, 0) is 0 Å². The lowest BCUT2D eigenvalue weighted by Crippen LogP contribution is -1.93. The van der Waals surface area contributed by atoms with Crippen LogP contribution in [0.1, 0.15) is 11.1 Å². The molecule has 2 nitrogen and oxygen atoms in total. The summed E-state index contributed by atoms with van der Waals surface area (Å²) in [6.07, 6.45) is 0. The van der Waals surface area contributed by atoms with Crippen LogP contribution in [0.25, 0.3) is 0 Å². The fourth-order valence-corrected chi connectivity index (χ4v) is 1.27. The Morgan fingerprint density at radius 2 is 2.00 bits per heavy atom. The van der Waals surface area contributed by atoms with Gasteiger partial charge < -0.3 is 5.73 Å². The van der Waals surface area contributed by atoms with E-state index in [0.29, 0.717) is 10.6 Å². The van der Waals surface area contributed by atoms with E-state index in [2.05, 4.69) is 0 Å². The van der Waals surface area contributed by atoms with Gasteiger partial charge in [0.15, 0.2) is 0 Å². The van der Waals surface area contributed by atoms with E-state index in [1.54, 1.807) is 13.0 Å². The number of halogens is 2. The van der Waals surface area contributed by atoms with Crippen molar-refractivity contribution in [3.8, 4) is 6.07 Å². The summed E-state index contributed by atoms with van der Waals surface area (Å²) in [5, 5.41) is 9.29. The average Bonchev–Trinajstić information content (AvgIpc) is 2.08. The average molecular weight is 201 g/mol. The minimum absolute atomic E-state index is 0.245. The molecule has 0 saturated heterocycles. The highest BCUT2D eigenvalue weighted by molar-refractivity contribution is 6.44. The van der Waals surface area contributed by atoms with Crippen LogP contribution in [0.3, 0.4) is 0 Å². The number of nitrogens with two attached hydrogens (primary N) is 1. The van der Waals surface area contributed by atoms with Crippen molar-refractivity contribution in [1.82, 2.24) is 0 Å². The molecule has 62 valence electrons. The summed E-state index contributed by atoms with van der Waals surface area (Å²) < 4.78 is 0. The molecule has 0 aliphatic heterocycles. The molecule has 0 bridgehead atoms. The Hall–Kier alpha value is -0.910. The summed E-state index contributed by atoms with van der Waals surface area (Å²) in [6, 6.07) is 3.55. The number of nitriles is 1. The second kappa shape index (κ2) is 3.22. The van der Waals surface area contributed by atoms with E-state index in [1.165, 1.54) is 0 Å². The van der Waals surface area contributed by atoms with E-state index >= 15 is 0 Å². The first-order valence-electron chi connectivity index (χ1n) is 3.22. The number of rotatable bonds is 0. The van der Waals surface area contributed by atoms with Crippen LogP contribution in [0.4, 0.5) is 5.69 Å². The zero-order valence-electron chi connectivity index (χ0n) is 6.36. The second-order valence-corrected chi connectivity index (χ2v) is 3.15.